The fourth-order valence-electron chi connectivity index (χ4n) is 4.34. The van der Waals surface area contributed by atoms with Gasteiger partial charge in [0.2, 0.25) is 0 Å². The smallest absolute Gasteiger partial charge is 0.413 e. The summed E-state index contributed by atoms with van der Waals surface area (Å²) in [6, 6.07) is 23.0. The van der Waals surface area contributed by atoms with Gasteiger partial charge in [0.15, 0.2) is 12.8 Å². The highest BCUT2D eigenvalue weighted by atomic mass is 16.6. The summed E-state index contributed by atoms with van der Waals surface area (Å²) in [6.45, 7) is 7.26. The van der Waals surface area contributed by atoms with E-state index in [4.69, 9.17) is 14.2 Å². The number of ether oxygens (including phenoxy) is 3. The second-order valence-electron chi connectivity index (χ2n) is 8.42. The van der Waals surface area contributed by atoms with Crippen molar-refractivity contribution >= 4 is 12.1 Å². The van der Waals surface area contributed by atoms with E-state index in [0.29, 0.717) is 5.75 Å². The van der Waals surface area contributed by atoms with E-state index in [1.807, 2.05) is 62.4 Å². The molecule has 0 aromatic heterocycles. The Labute approximate surface area is 213 Å². The first-order valence-corrected chi connectivity index (χ1v) is 11.6. The lowest BCUT2D eigenvalue weighted by atomic mass is 9.98. The van der Waals surface area contributed by atoms with Crippen molar-refractivity contribution in [3.8, 4) is 16.9 Å². The Kier molecular flexibility index (Phi) is 8.90. The molecule has 3 aromatic carbocycles. The molecule has 1 atom stereocenters. The SMILES string of the molecule is C.C=CC.Cc1cccc(OCC2C(=O)OCN2C(=O)OCC2c3ccccc3-c3ccccc32)c1. The Balaban J connectivity index is 0.000000861. The zero-order valence-electron chi connectivity index (χ0n) is 20.0. The van der Waals surface area contributed by atoms with E-state index in [0.717, 1.165) is 27.8 Å². The molecule has 0 N–H and O–H groups in total. The first-order chi connectivity index (χ1) is 17.0. The number of hydrogen-bond donors (Lipinski definition) is 0. The monoisotopic (exact) mass is 487 g/mol. The molecule has 1 heterocycles. The van der Waals surface area contributed by atoms with Gasteiger partial charge in [0.1, 0.15) is 19.0 Å². The number of amides is 1. The van der Waals surface area contributed by atoms with E-state index in [1.54, 1.807) is 6.08 Å². The molecule has 0 radical (unpaired) electrons. The zero-order chi connectivity index (χ0) is 24.8. The Bertz CT molecular complexity index is 1180. The third-order valence-corrected chi connectivity index (χ3v) is 5.96. The highest BCUT2D eigenvalue weighted by molar-refractivity contribution is 5.84. The molecule has 1 saturated heterocycles. The molecule has 2 aliphatic rings. The van der Waals surface area contributed by atoms with Crippen LogP contribution in [0.2, 0.25) is 0 Å². The maximum absolute atomic E-state index is 12.9. The molecular weight excluding hydrogens is 454 g/mol. The second kappa shape index (κ2) is 12.1. The van der Waals surface area contributed by atoms with Gasteiger partial charge in [-0.05, 0) is 53.8 Å². The third kappa shape index (κ3) is 5.60. The molecule has 188 valence electrons. The summed E-state index contributed by atoms with van der Waals surface area (Å²) in [4.78, 5) is 26.4. The van der Waals surface area contributed by atoms with E-state index in [9.17, 15) is 9.59 Å². The number of carbonyl (C=O) groups is 2. The lowest BCUT2D eigenvalue weighted by Gasteiger charge is -2.21. The molecule has 1 fully saturated rings. The third-order valence-electron chi connectivity index (χ3n) is 5.96. The van der Waals surface area contributed by atoms with Crippen molar-refractivity contribution in [2.75, 3.05) is 19.9 Å². The first kappa shape index (κ1) is 26.5. The minimum Gasteiger partial charge on any atom is -0.491 e. The van der Waals surface area contributed by atoms with E-state index < -0.39 is 18.1 Å². The highest BCUT2D eigenvalue weighted by Crippen LogP contribution is 2.44. The van der Waals surface area contributed by atoms with Crippen LogP contribution < -0.4 is 4.74 Å². The van der Waals surface area contributed by atoms with Gasteiger partial charge in [0, 0.05) is 5.92 Å². The molecular formula is C30H33NO5. The number of hydrogen-bond acceptors (Lipinski definition) is 5. The van der Waals surface area contributed by atoms with E-state index in [1.165, 1.54) is 4.90 Å². The van der Waals surface area contributed by atoms with Gasteiger partial charge in [-0.1, -0.05) is 74.2 Å². The van der Waals surface area contributed by atoms with Crippen molar-refractivity contribution in [3.63, 3.8) is 0 Å². The van der Waals surface area contributed by atoms with Crippen molar-refractivity contribution in [2.24, 2.45) is 0 Å². The Hall–Kier alpha value is -4.06. The van der Waals surface area contributed by atoms with E-state index in [-0.39, 0.29) is 33.3 Å². The summed E-state index contributed by atoms with van der Waals surface area (Å²) >= 11 is 0. The lowest BCUT2D eigenvalue weighted by molar-refractivity contribution is -0.139. The lowest BCUT2D eigenvalue weighted by Crippen LogP contribution is -2.42. The molecule has 0 spiro atoms. The van der Waals surface area contributed by atoms with Crippen LogP contribution in [0.3, 0.4) is 0 Å². The quantitative estimate of drug-likeness (QED) is 0.311. The maximum Gasteiger partial charge on any atom is 0.413 e. The van der Waals surface area contributed by atoms with Gasteiger partial charge < -0.3 is 14.2 Å². The molecule has 6 heteroatoms. The number of nitrogens with zero attached hydrogens (tertiary/aromatic N) is 1. The molecule has 5 rings (SSSR count). The van der Waals surface area contributed by atoms with Crippen LogP contribution in [0.15, 0.2) is 85.5 Å². The fraction of sp³-hybridized carbons (Fsp3) is 0.267. The molecule has 3 aromatic rings. The average Bonchev–Trinajstić information content (AvgIpc) is 3.39. The number of allylic oxidation sites excluding steroid dienone is 1. The summed E-state index contributed by atoms with van der Waals surface area (Å²) in [6.07, 6.45) is 1.16. The van der Waals surface area contributed by atoms with Crippen LogP contribution in [0.1, 0.15) is 37.0 Å². The number of fused-ring (bicyclic) bond motifs is 3. The van der Waals surface area contributed by atoms with Gasteiger partial charge >= 0.3 is 12.1 Å². The normalized spacial score (nSPS) is 15.4. The molecule has 0 bridgehead atoms. The zero-order valence-corrected chi connectivity index (χ0v) is 20.0. The number of aryl methyl sites for hydroxylation is 1. The molecule has 1 unspecified atom stereocenters. The Morgan fingerprint density at radius 1 is 1.03 bits per heavy atom. The summed E-state index contributed by atoms with van der Waals surface area (Å²) in [5, 5.41) is 0. The van der Waals surface area contributed by atoms with E-state index in [2.05, 4.69) is 30.8 Å². The van der Waals surface area contributed by atoms with E-state index >= 15 is 0 Å². The highest BCUT2D eigenvalue weighted by Gasteiger charge is 2.40. The van der Waals surface area contributed by atoms with Gasteiger partial charge in [0.05, 0.1) is 0 Å². The topological polar surface area (TPSA) is 65.1 Å². The van der Waals surface area contributed by atoms with Crippen LogP contribution in [-0.4, -0.2) is 42.9 Å². The van der Waals surface area contributed by atoms with Crippen LogP contribution in [0.25, 0.3) is 11.1 Å². The summed E-state index contributed by atoms with van der Waals surface area (Å²) in [7, 11) is 0. The fourth-order valence-corrected chi connectivity index (χ4v) is 4.34. The average molecular weight is 488 g/mol. The molecule has 1 aliphatic heterocycles. The predicted molar refractivity (Wildman–Crippen MR) is 141 cm³/mol. The van der Waals surface area contributed by atoms with Crippen LogP contribution >= 0.6 is 0 Å². The van der Waals surface area contributed by atoms with Gasteiger partial charge in [-0.25, -0.2) is 9.59 Å². The molecule has 1 aliphatic carbocycles. The minimum atomic E-state index is -0.842. The van der Waals surface area contributed by atoms with Crippen molar-refractivity contribution in [1.29, 1.82) is 0 Å². The van der Waals surface area contributed by atoms with Gasteiger partial charge in [-0.3, -0.25) is 4.90 Å². The molecule has 0 saturated carbocycles. The van der Waals surface area contributed by atoms with Crippen molar-refractivity contribution in [1.82, 2.24) is 4.90 Å². The van der Waals surface area contributed by atoms with Crippen LogP contribution in [0.5, 0.6) is 5.75 Å². The van der Waals surface area contributed by atoms with Gasteiger partial charge in [-0.15, -0.1) is 6.58 Å². The maximum atomic E-state index is 12.9. The number of cyclic esters (lactones) is 1. The number of benzene rings is 3. The largest absolute Gasteiger partial charge is 0.491 e. The first-order valence-electron chi connectivity index (χ1n) is 11.6. The Morgan fingerprint density at radius 3 is 2.25 bits per heavy atom. The summed E-state index contributed by atoms with van der Waals surface area (Å²) in [5.74, 6) is 0.0934. The van der Waals surface area contributed by atoms with Crippen LogP contribution in [0, 0.1) is 6.92 Å². The van der Waals surface area contributed by atoms with Crippen molar-refractivity contribution < 1.29 is 23.8 Å². The summed E-state index contributed by atoms with van der Waals surface area (Å²) in [5.41, 5.74) is 5.63. The van der Waals surface area contributed by atoms with Gasteiger partial charge in [0.25, 0.3) is 0 Å². The van der Waals surface area contributed by atoms with Crippen molar-refractivity contribution in [3.05, 3.63) is 102 Å². The standard InChI is InChI=1S/C26H23NO5.C3H6.CH4/c1-17-7-6-8-18(13-17)30-15-24-25(28)32-16-27(24)26(29)31-14-23-21-11-4-2-9-19(21)20-10-3-5-12-22(20)23;1-3-2;/h2-13,23-24H,14-16H2,1H3;3H,1H2,2H3;1H4. The molecule has 1 amide bonds. The molecule has 36 heavy (non-hydrogen) atoms. The number of esters is 1. The second-order valence-corrected chi connectivity index (χ2v) is 8.42. The number of carbonyl (C=O) groups excluding carboxylic acids is 2. The number of rotatable bonds is 5. The van der Waals surface area contributed by atoms with Crippen molar-refractivity contribution in [2.45, 2.75) is 33.2 Å². The summed E-state index contributed by atoms with van der Waals surface area (Å²) < 4.78 is 16.5. The Morgan fingerprint density at radius 2 is 1.64 bits per heavy atom. The van der Waals surface area contributed by atoms with Gasteiger partial charge in [-0.2, -0.15) is 0 Å². The van der Waals surface area contributed by atoms with Crippen LogP contribution in [0.4, 0.5) is 4.79 Å². The predicted octanol–water partition coefficient (Wildman–Crippen LogP) is 6.34. The van der Waals surface area contributed by atoms with Crippen LogP contribution in [-0.2, 0) is 14.3 Å². The minimum absolute atomic E-state index is 0. The molecule has 6 nitrogen and oxygen atoms in total.